The second kappa shape index (κ2) is 10.7. The average Bonchev–Trinajstić information content (AvgIpc) is 3.88. The second-order valence-corrected chi connectivity index (χ2v) is 12.8. The maximum Gasteiger partial charge on any atom is 0.167 e. The van der Waals surface area contributed by atoms with E-state index >= 15 is 0 Å². The molecule has 4 heterocycles. The molecule has 0 bridgehead atoms. The fraction of sp³-hybridized carbons (Fsp3) is 0. The smallest absolute Gasteiger partial charge is 0.167 e. The molecular formula is C45H26N4O2. The molecule has 0 saturated carbocycles. The first-order valence-electron chi connectivity index (χ1n) is 17.0. The predicted octanol–water partition coefficient (Wildman–Crippen LogP) is 11.8. The van der Waals surface area contributed by atoms with Gasteiger partial charge in [-0.15, -0.1) is 0 Å². The Morgan fingerprint density at radius 3 is 1.73 bits per heavy atom. The summed E-state index contributed by atoms with van der Waals surface area (Å²) in [5.74, 6) is 1.68. The van der Waals surface area contributed by atoms with E-state index in [2.05, 4.69) is 89.5 Å². The van der Waals surface area contributed by atoms with Gasteiger partial charge in [0.2, 0.25) is 0 Å². The van der Waals surface area contributed by atoms with Crippen molar-refractivity contribution in [2.24, 2.45) is 0 Å². The monoisotopic (exact) mass is 654 g/mol. The maximum atomic E-state index is 6.78. The van der Waals surface area contributed by atoms with E-state index in [1.54, 1.807) is 0 Å². The molecule has 11 aromatic rings. The van der Waals surface area contributed by atoms with E-state index in [1.165, 1.54) is 10.8 Å². The minimum absolute atomic E-state index is 0.541. The number of rotatable bonds is 4. The summed E-state index contributed by atoms with van der Waals surface area (Å²) in [6.07, 6.45) is 0. The van der Waals surface area contributed by atoms with Crippen LogP contribution in [0.3, 0.4) is 0 Å². The van der Waals surface area contributed by atoms with E-state index in [1.807, 2.05) is 72.8 Å². The van der Waals surface area contributed by atoms with Gasteiger partial charge in [-0.05, 0) is 36.4 Å². The quantitative estimate of drug-likeness (QED) is 0.189. The lowest BCUT2D eigenvalue weighted by Gasteiger charge is -2.10. The Kier molecular flexibility index (Phi) is 5.86. The number of aromatic nitrogens is 4. The standard InChI is InChI=1S/C45H26N4O2/c1-2-13-27(14-3-1)43-46-44(48-45(47-43)34-21-10-18-31-30-17-6-9-25-38(30)50-41(31)34)33-20-12-26-39-40(33)32-19-11-24-37(42(32)51-39)49-35-22-7-4-15-28(35)29-16-5-8-23-36(29)49/h1-26H. The molecule has 0 unspecified atom stereocenters. The Labute approximate surface area is 290 Å². The van der Waals surface area contributed by atoms with Gasteiger partial charge in [0.25, 0.3) is 0 Å². The first-order valence-corrected chi connectivity index (χ1v) is 17.0. The van der Waals surface area contributed by atoms with Crippen LogP contribution in [-0.4, -0.2) is 19.5 Å². The lowest BCUT2D eigenvalue weighted by atomic mass is 10.0. The van der Waals surface area contributed by atoms with Crippen molar-refractivity contribution in [3.8, 4) is 39.9 Å². The molecule has 0 atom stereocenters. The van der Waals surface area contributed by atoms with Gasteiger partial charge in [-0.1, -0.05) is 121 Å². The van der Waals surface area contributed by atoms with Gasteiger partial charge in [0, 0.05) is 43.4 Å². The zero-order chi connectivity index (χ0) is 33.5. The van der Waals surface area contributed by atoms with Crippen molar-refractivity contribution >= 4 is 65.7 Å². The molecule has 4 aromatic heterocycles. The zero-order valence-corrected chi connectivity index (χ0v) is 27.1. The van der Waals surface area contributed by atoms with Crippen LogP contribution in [-0.2, 0) is 0 Å². The molecule has 0 saturated heterocycles. The predicted molar refractivity (Wildman–Crippen MR) is 205 cm³/mol. The summed E-state index contributed by atoms with van der Waals surface area (Å²) in [6, 6.07) is 53.8. The molecule has 6 nitrogen and oxygen atoms in total. The van der Waals surface area contributed by atoms with E-state index in [0.29, 0.717) is 17.5 Å². The topological polar surface area (TPSA) is 69.9 Å². The van der Waals surface area contributed by atoms with Crippen LogP contribution < -0.4 is 0 Å². The largest absolute Gasteiger partial charge is 0.455 e. The first-order chi connectivity index (χ1) is 25.3. The number of para-hydroxylation sites is 5. The summed E-state index contributed by atoms with van der Waals surface area (Å²) >= 11 is 0. The molecule has 0 amide bonds. The fourth-order valence-electron chi connectivity index (χ4n) is 7.63. The normalized spacial score (nSPS) is 11.9. The highest BCUT2D eigenvalue weighted by molar-refractivity contribution is 6.16. The molecule has 0 aliphatic heterocycles. The van der Waals surface area contributed by atoms with Crippen LogP contribution in [0.1, 0.15) is 0 Å². The number of furan rings is 2. The van der Waals surface area contributed by atoms with Gasteiger partial charge in [-0.2, -0.15) is 0 Å². The van der Waals surface area contributed by atoms with Gasteiger partial charge in [-0.3, -0.25) is 0 Å². The molecule has 0 radical (unpaired) electrons. The van der Waals surface area contributed by atoms with Crippen LogP contribution in [0.15, 0.2) is 167 Å². The lowest BCUT2D eigenvalue weighted by molar-refractivity contribution is 0.666. The average molecular weight is 655 g/mol. The maximum absolute atomic E-state index is 6.78. The fourth-order valence-corrected chi connectivity index (χ4v) is 7.63. The lowest BCUT2D eigenvalue weighted by Crippen LogP contribution is -2.00. The van der Waals surface area contributed by atoms with Crippen LogP contribution in [0.5, 0.6) is 0 Å². The minimum atomic E-state index is 0.541. The Hall–Kier alpha value is -7.05. The number of fused-ring (bicyclic) bond motifs is 9. The van der Waals surface area contributed by atoms with E-state index in [0.717, 1.165) is 77.3 Å². The third-order valence-corrected chi connectivity index (χ3v) is 9.88. The van der Waals surface area contributed by atoms with Gasteiger partial charge >= 0.3 is 0 Å². The SMILES string of the molecule is c1ccc(-c2nc(-c3cccc4c3oc3ccccc34)nc(-c3cccc4oc5c(-n6c7ccccc7c7ccccc76)cccc5c34)n2)cc1. The molecule has 0 spiro atoms. The summed E-state index contributed by atoms with van der Waals surface area (Å²) in [7, 11) is 0. The van der Waals surface area contributed by atoms with E-state index in [-0.39, 0.29) is 0 Å². The molecule has 0 fully saturated rings. The molecule has 238 valence electrons. The summed E-state index contributed by atoms with van der Waals surface area (Å²) in [5, 5.41) is 6.42. The first kappa shape index (κ1) is 27.9. The number of hydrogen-bond donors (Lipinski definition) is 0. The third-order valence-electron chi connectivity index (χ3n) is 9.88. The molecule has 11 rings (SSSR count). The Morgan fingerprint density at radius 1 is 0.373 bits per heavy atom. The van der Waals surface area contributed by atoms with Gasteiger partial charge < -0.3 is 13.4 Å². The summed E-state index contributed by atoms with van der Waals surface area (Å²) in [4.78, 5) is 15.3. The highest BCUT2D eigenvalue weighted by atomic mass is 16.3. The number of nitrogens with zero attached hydrogens (tertiary/aromatic N) is 4. The van der Waals surface area contributed by atoms with Crippen LogP contribution >= 0.6 is 0 Å². The van der Waals surface area contributed by atoms with Gasteiger partial charge in [-0.25, -0.2) is 15.0 Å². The number of benzene rings is 7. The molecule has 0 aliphatic rings. The van der Waals surface area contributed by atoms with Gasteiger partial charge in [0.1, 0.15) is 16.7 Å². The molecule has 0 aliphatic carbocycles. The van der Waals surface area contributed by atoms with Crippen LogP contribution in [0, 0.1) is 0 Å². The van der Waals surface area contributed by atoms with Gasteiger partial charge in [0.15, 0.2) is 23.1 Å². The molecular weight excluding hydrogens is 629 g/mol. The zero-order valence-electron chi connectivity index (χ0n) is 27.1. The second-order valence-electron chi connectivity index (χ2n) is 12.8. The molecule has 7 aromatic carbocycles. The minimum Gasteiger partial charge on any atom is -0.455 e. The molecule has 0 N–H and O–H groups in total. The number of hydrogen-bond acceptors (Lipinski definition) is 5. The van der Waals surface area contributed by atoms with Crippen molar-refractivity contribution < 1.29 is 8.83 Å². The van der Waals surface area contributed by atoms with Crippen molar-refractivity contribution in [3.05, 3.63) is 158 Å². The molecule has 51 heavy (non-hydrogen) atoms. The van der Waals surface area contributed by atoms with E-state index in [9.17, 15) is 0 Å². The summed E-state index contributed by atoms with van der Waals surface area (Å²) in [5.41, 5.74) is 8.94. The Morgan fingerprint density at radius 2 is 0.922 bits per heavy atom. The Bertz CT molecular complexity index is 3100. The van der Waals surface area contributed by atoms with Crippen molar-refractivity contribution in [3.63, 3.8) is 0 Å². The van der Waals surface area contributed by atoms with Crippen LogP contribution in [0.4, 0.5) is 0 Å². The van der Waals surface area contributed by atoms with Crippen molar-refractivity contribution in [1.29, 1.82) is 0 Å². The van der Waals surface area contributed by atoms with Crippen LogP contribution in [0.2, 0.25) is 0 Å². The molecule has 6 heteroatoms. The third kappa shape index (κ3) is 4.14. The van der Waals surface area contributed by atoms with E-state index in [4.69, 9.17) is 23.8 Å². The van der Waals surface area contributed by atoms with Crippen molar-refractivity contribution in [2.45, 2.75) is 0 Å². The van der Waals surface area contributed by atoms with Crippen LogP contribution in [0.25, 0.3) is 106 Å². The van der Waals surface area contributed by atoms with E-state index < -0.39 is 0 Å². The van der Waals surface area contributed by atoms with Gasteiger partial charge in [0.05, 0.1) is 22.3 Å². The highest BCUT2D eigenvalue weighted by Crippen LogP contribution is 2.42. The van der Waals surface area contributed by atoms with Crippen molar-refractivity contribution in [1.82, 2.24) is 19.5 Å². The van der Waals surface area contributed by atoms with Crippen molar-refractivity contribution in [2.75, 3.05) is 0 Å². The Balaban J connectivity index is 1.18. The highest BCUT2D eigenvalue weighted by Gasteiger charge is 2.22. The summed E-state index contributed by atoms with van der Waals surface area (Å²) in [6.45, 7) is 0. The summed E-state index contributed by atoms with van der Waals surface area (Å²) < 4.78 is 15.5.